The van der Waals surface area contributed by atoms with E-state index >= 15 is 0 Å². The van der Waals surface area contributed by atoms with Gasteiger partial charge in [0.25, 0.3) is 0 Å². The van der Waals surface area contributed by atoms with Crippen LogP contribution in [0.25, 0.3) is 0 Å². The molecule has 0 saturated carbocycles. The third-order valence-corrected chi connectivity index (χ3v) is 1.32. The van der Waals surface area contributed by atoms with E-state index in [1.165, 1.54) is 7.05 Å². The first kappa shape index (κ1) is 14.3. The predicted molar refractivity (Wildman–Crippen MR) is 45.2 cm³/mol. The lowest BCUT2D eigenvalue weighted by atomic mass is 10.2. The lowest BCUT2D eigenvalue weighted by Gasteiger charge is -2.18. The van der Waals surface area contributed by atoms with Crippen LogP contribution in [0.3, 0.4) is 0 Å². The zero-order valence-corrected chi connectivity index (χ0v) is 8.13. The molecule has 0 fully saturated rings. The Hall–Kier alpha value is -0.250. The first-order valence-corrected chi connectivity index (χ1v) is 4.26. The first-order valence-electron chi connectivity index (χ1n) is 4.26. The highest BCUT2D eigenvalue weighted by molar-refractivity contribution is 4.71. The fourth-order valence-corrected chi connectivity index (χ4v) is 0.760. The predicted octanol–water partition coefficient (Wildman–Crippen LogP) is 2.96. The Labute approximate surface area is 72.3 Å². The maximum absolute atomic E-state index is 11.8. The maximum atomic E-state index is 11.8. The summed E-state index contributed by atoms with van der Waals surface area (Å²) in [4.78, 5) is 0. The summed E-state index contributed by atoms with van der Waals surface area (Å²) in [6.07, 6.45) is -3.39. The van der Waals surface area contributed by atoms with Crippen molar-refractivity contribution in [2.45, 2.75) is 45.8 Å². The Morgan fingerprint density at radius 2 is 1.67 bits per heavy atom. The van der Waals surface area contributed by atoms with E-state index < -0.39 is 12.2 Å². The van der Waals surface area contributed by atoms with Crippen molar-refractivity contribution in [1.82, 2.24) is 5.32 Å². The van der Waals surface area contributed by atoms with Crippen molar-refractivity contribution in [1.29, 1.82) is 0 Å². The minimum absolute atomic E-state index is 0.153. The van der Waals surface area contributed by atoms with Crippen molar-refractivity contribution >= 4 is 0 Å². The van der Waals surface area contributed by atoms with Crippen LogP contribution in [0.15, 0.2) is 0 Å². The number of nitrogens with one attached hydrogen (secondary N) is 1. The summed E-state index contributed by atoms with van der Waals surface area (Å²) in [7, 11) is 1.33. The molecule has 0 aromatic carbocycles. The third-order valence-electron chi connectivity index (χ3n) is 1.32. The van der Waals surface area contributed by atoms with Crippen LogP contribution >= 0.6 is 0 Å². The number of rotatable bonds is 3. The molecule has 12 heavy (non-hydrogen) atoms. The average molecular weight is 185 g/mol. The van der Waals surface area contributed by atoms with E-state index in [1.54, 1.807) is 6.92 Å². The van der Waals surface area contributed by atoms with Crippen LogP contribution in [-0.4, -0.2) is 19.3 Å². The highest BCUT2D eigenvalue weighted by Gasteiger charge is 2.37. The second kappa shape index (κ2) is 7.40. The van der Waals surface area contributed by atoms with Gasteiger partial charge in [0.15, 0.2) is 0 Å². The van der Waals surface area contributed by atoms with Crippen LogP contribution in [0.1, 0.15) is 33.6 Å². The van der Waals surface area contributed by atoms with E-state index in [0.717, 1.165) is 0 Å². The molecule has 0 bridgehead atoms. The van der Waals surface area contributed by atoms with Crippen molar-refractivity contribution in [3.63, 3.8) is 0 Å². The molecule has 76 valence electrons. The van der Waals surface area contributed by atoms with Crippen molar-refractivity contribution < 1.29 is 13.2 Å². The van der Waals surface area contributed by atoms with Gasteiger partial charge in [0, 0.05) is 0 Å². The number of halogens is 3. The van der Waals surface area contributed by atoms with E-state index in [9.17, 15) is 13.2 Å². The van der Waals surface area contributed by atoms with Gasteiger partial charge in [-0.05, 0) is 13.5 Å². The molecule has 4 heteroatoms. The summed E-state index contributed by atoms with van der Waals surface area (Å²) in [6.45, 7) is 5.73. The van der Waals surface area contributed by atoms with Crippen LogP contribution in [0.4, 0.5) is 13.2 Å². The van der Waals surface area contributed by atoms with E-state index in [4.69, 9.17) is 0 Å². The molecule has 1 atom stereocenters. The summed E-state index contributed by atoms with van der Waals surface area (Å²) in [5.74, 6) is 0. The minimum atomic E-state index is -4.09. The monoisotopic (exact) mass is 185 g/mol. The molecule has 0 saturated heterocycles. The van der Waals surface area contributed by atoms with E-state index in [1.807, 2.05) is 13.8 Å². The van der Waals surface area contributed by atoms with Gasteiger partial charge in [-0.1, -0.05) is 27.2 Å². The topological polar surface area (TPSA) is 12.0 Å². The lowest BCUT2D eigenvalue weighted by Crippen LogP contribution is -2.39. The summed E-state index contributed by atoms with van der Waals surface area (Å²) >= 11 is 0. The fraction of sp³-hybridized carbons (Fsp3) is 1.00. The van der Waals surface area contributed by atoms with Gasteiger partial charge in [0.2, 0.25) is 0 Å². The van der Waals surface area contributed by atoms with E-state index in [0.29, 0.717) is 6.42 Å². The van der Waals surface area contributed by atoms with Crippen LogP contribution in [-0.2, 0) is 0 Å². The minimum Gasteiger partial charge on any atom is -0.309 e. The molecule has 1 nitrogen and oxygen atoms in total. The highest BCUT2D eigenvalue weighted by atomic mass is 19.4. The Kier molecular flexibility index (Phi) is 8.81. The molecule has 0 aliphatic heterocycles. The second-order valence-corrected chi connectivity index (χ2v) is 2.17. The van der Waals surface area contributed by atoms with Gasteiger partial charge < -0.3 is 5.32 Å². The molecule has 0 radical (unpaired) electrons. The summed E-state index contributed by atoms with van der Waals surface area (Å²) in [6, 6.07) is -1.34. The molecule has 0 aliphatic rings. The molecule has 0 aromatic rings. The van der Waals surface area contributed by atoms with Gasteiger partial charge >= 0.3 is 6.18 Å². The van der Waals surface area contributed by atoms with Crippen molar-refractivity contribution in [3.05, 3.63) is 0 Å². The molecular weight excluding hydrogens is 167 g/mol. The Morgan fingerprint density at radius 1 is 1.25 bits per heavy atom. The van der Waals surface area contributed by atoms with E-state index in [-0.39, 0.29) is 6.42 Å². The largest absolute Gasteiger partial charge is 0.403 e. The van der Waals surface area contributed by atoms with E-state index in [2.05, 4.69) is 5.32 Å². The standard InChI is InChI=1S/C6H12F3N.C2H6/c1-3-4-5(10-2)6(7,8)9;1-2/h5,10H,3-4H2,1-2H3;1-2H3. The van der Waals surface area contributed by atoms with Gasteiger partial charge in [-0.2, -0.15) is 13.2 Å². The molecule has 1 N–H and O–H groups in total. The highest BCUT2D eigenvalue weighted by Crippen LogP contribution is 2.22. The molecule has 0 aliphatic carbocycles. The van der Waals surface area contributed by atoms with Gasteiger partial charge in [-0.15, -0.1) is 0 Å². The average Bonchev–Trinajstić information content (AvgIpc) is 2.02. The zero-order chi connectivity index (χ0) is 10.2. The third kappa shape index (κ3) is 6.46. The molecule has 0 aromatic heterocycles. The lowest BCUT2D eigenvalue weighted by molar-refractivity contribution is -0.155. The number of alkyl halides is 3. The molecule has 0 heterocycles. The summed E-state index contributed by atoms with van der Waals surface area (Å²) in [5, 5.41) is 2.22. The van der Waals surface area contributed by atoms with Gasteiger partial charge in [-0.25, -0.2) is 0 Å². The normalized spacial score (nSPS) is 13.2. The zero-order valence-electron chi connectivity index (χ0n) is 8.13. The number of hydrogen-bond donors (Lipinski definition) is 1. The number of hydrogen-bond acceptors (Lipinski definition) is 1. The first-order chi connectivity index (χ1) is 5.52. The molecule has 1 unspecified atom stereocenters. The molecule has 0 amide bonds. The van der Waals surface area contributed by atoms with Crippen molar-refractivity contribution in [2.24, 2.45) is 0 Å². The summed E-state index contributed by atoms with van der Waals surface area (Å²) < 4.78 is 35.5. The van der Waals surface area contributed by atoms with Gasteiger partial charge in [0.05, 0.1) is 0 Å². The van der Waals surface area contributed by atoms with Crippen LogP contribution in [0, 0.1) is 0 Å². The molecule has 0 rings (SSSR count). The fourth-order valence-electron chi connectivity index (χ4n) is 0.760. The Bertz CT molecular complexity index is 90.8. The SMILES string of the molecule is CC.CCCC(NC)C(F)(F)F. The van der Waals surface area contributed by atoms with Gasteiger partial charge in [0.1, 0.15) is 6.04 Å². The summed E-state index contributed by atoms with van der Waals surface area (Å²) in [5.41, 5.74) is 0. The van der Waals surface area contributed by atoms with Crippen LogP contribution in [0.5, 0.6) is 0 Å². The second-order valence-electron chi connectivity index (χ2n) is 2.17. The van der Waals surface area contributed by atoms with Crippen molar-refractivity contribution in [2.75, 3.05) is 7.05 Å². The van der Waals surface area contributed by atoms with Gasteiger partial charge in [-0.3, -0.25) is 0 Å². The Balaban J connectivity index is 0. The quantitative estimate of drug-likeness (QED) is 0.712. The van der Waals surface area contributed by atoms with Crippen LogP contribution < -0.4 is 5.32 Å². The molecule has 0 spiro atoms. The Morgan fingerprint density at radius 3 is 1.75 bits per heavy atom. The molecular formula is C8H18F3N. The van der Waals surface area contributed by atoms with Crippen molar-refractivity contribution in [3.8, 4) is 0 Å². The maximum Gasteiger partial charge on any atom is 0.403 e. The van der Waals surface area contributed by atoms with Crippen LogP contribution in [0.2, 0.25) is 0 Å². The smallest absolute Gasteiger partial charge is 0.309 e.